The Morgan fingerprint density at radius 3 is 0.734 bits per heavy atom. The van der Waals surface area contributed by atoms with Crippen molar-refractivity contribution in [3.05, 3.63) is 244 Å². The van der Waals surface area contributed by atoms with Crippen LogP contribution in [0.3, 0.4) is 0 Å². The van der Waals surface area contributed by atoms with Gasteiger partial charge in [0.1, 0.15) is 0 Å². The van der Waals surface area contributed by atoms with E-state index in [-0.39, 0.29) is 0 Å². The molecule has 0 atom stereocenters. The second-order valence-corrected chi connectivity index (χ2v) is 40.0. The van der Waals surface area contributed by atoms with Gasteiger partial charge in [-0.05, 0) is 0 Å². The van der Waals surface area contributed by atoms with Crippen molar-refractivity contribution in [2.75, 3.05) is 0 Å². The zero-order chi connectivity index (χ0) is 45.5. The SMILES string of the molecule is C=CC=COC(=O)c1ccc([S][Sb]([S]c2ccc(C(=O)OC=CC=C)cc2)[c]2cc[c]([Sb]([S]c3ccc(C(=O)OC=CC=C)cc3)[S]c3ccc(C(=O)OC=CC=C)cc3)cc2)cc1. The standard InChI is InChI=1S/4C11H10O2S.C6H4.2Sb/c4*1-2-3-8-13-11(12)9-4-6-10(14)7-5-9;1-2-4-6-5-3-1;;/h4*2-8,14H,1H2;1-2,5-6H;;/q;;;;;2*+2/p-4. The Kier molecular flexibility index (Phi) is 21.3. The fraction of sp³-hybridized carbons (Fsp3) is 0. The summed E-state index contributed by atoms with van der Waals surface area (Å²) in [5, 5.41) is 0. The molecule has 0 saturated heterocycles. The molecule has 0 N–H and O–H groups in total. The summed E-state index contributed by atoms with van der Waals surface area (Å²) in [4.78, 5) is 54.3. The average Bonchev–Trinajstić information content (AvgIpc) is 3.32. The number of hydrogen-bond acceptors (Lipinski definition) is 12. The van der Waals surface area contributed by atoms with E-state index in [0.29, 0.717) is 22.3 Å². The molecule has 8 nitrogen and oxygen atoms in total. The molecule has 0 radical (unpaired) electrons. The van der Waals surface area contributed by atoms with E-state index < -0.39 is 58.7 Å². The first-order valence-corrected chi connectivity index (χ1v) is 37.1. The molecule has 322 valence electrons. The number of hydrogen-bond donors (Lipinski definition) is 0. The second-order valence-electron chi connectivity index (χ2n) is 12.4. The summed E-state index contributed by atoms with van der Waals surface area (Å²) >= 11 is -5.08. The third kappa shape index (κ3) is 16.2. The Labute approximate surface area is 398 Å². The summed E-state index contributed by atoms with van der Waals surface area (Å²) in [5.74, 6) is -1.84. The summed E-state index contributed by atoms with van der Waals surface area (Å²) < 4.78 is 23.2. The number of benzene rings is 5. The van der Waals surface area contributed by atoms with Crippen molar-refractivity contribution < 1.29 is 38.1 Å². The summed E-state index contributed by atoms with van der Waals surface area (Å²) in [7, 11) is 7.24. The van der Waals surface area contributed by atoms with Crippen molar-refractivity contribution in [1.29, 1.82) is 0 Å². The van der Waals surface area contributed by atoms with Crippen molar-refractivity contribution in [3.63, 3.8) is 0 Å². The van der Waals surface area contributed by atoms with Crippen LogP contribution in [0.25, 0.3) is 0 Å². The molecule has 0 aromatic heterocycles. The molecular formula is C50H40O8S4Sb2. The predicted molar refractivity (Wildman–Crippen MR) is 265 cm³/mol. The first kappa shape index (κ1) is 49.9. The molecule has 0 aliphatic rings. The van der Waals surface area contributed by atoms with E-state index in [1.165, 1.54) is 56.4 Å². The van der Waals surface area contributed by atoms with Crippen LogP contribution >= 0.6 is 35.4 Å². The van der Waals surface area contributed by atoms with E-state index >= 15 is 0 Å². The van der Waals surface area contributed by atoms with Crippen LogP contribution in [0.2, 0.25) is 0 Å². The van der Waals surface area contributed by atoms with Crippen LogP contribution in [0.5, 0.6) is 0 Å². The number of carbonyl (C=O) groups is 4. The summed E-state index contributed by atoms with van der Waals surface area (Å²) in [6.07, 6.45) is 17.5. The Bertz CT molecular complexity index is 2200. The van der Waals surface area contributed by atoms with Crippen LogP contribution in [-0.4, -0.2) is 58.7 Å². The monoisotopic (exact) mass is 1140 g/mol. The van der Waals surface area contributed by atoms with Crippen LogP contribution in [0.15, 0.2) is 241 Å². The molecule has 64 heavy (non-hydrogen) atoms. The number of allylic oxidation sites excluding steroid dienone is 8. The van der Waals surface area contributed by atoms with Gasteiger partial charge < -0.3 is 0 Å². The van der Waals surface area contributed by atoms with Crippen molar-refractivity contribution in [2.24, 2.45) is 0 Å². The second kappa shape index (κ2) is 27.3. The van der Waals surface area contributed by atoms with Crippen molar-refractivity contribution in [3.8, 4) is 0 Å². The Balaban J connectivity index is 1.43. The van der Waals surface area contributed by atoms with E-state index in [9.17, 15) is 19.2 Å². The molecule has 0 bridgehead atoms. The summed E-state index contributed by atoms with van der Waals surface area (Å²) in [6, 6.07) is 38.5. The van der Waals surface area contributed by atoms with Crippen LogP contribution in [0.4, 0.5) is 0 Å². The van der Waals surface area contributed by atoms with E-state index in [1.807, 2.05) is 83.9 Å². The van der Waals surface area contributed by atoms with E-state index in [1.54, 1.807) is 72.8 Å². The molecule has 0 saturated carbocycles. The third-order valence-corrected chi connectivity index (χ3v) is 39.2. The van der Waals surface area contributed by atoms with E-state index in [2.05, 4.69) is 50.6 Å². The number of carbonyl (C=O) groups excluding carboxylic acids is 4. The fourth-order valence-electron chi connectivity index (χ4n) is 4.83. The van der Waals surface area contributed by atoms with Crippen molar-refractivity contribution >= 4 is 101 Å². The van der Waals surface area contributed by atoms with Crippen LogP contribution in [0, 0.1) is 0 Å². The Hall–Kier alpha value is -5.06. The van der Waals surface area contributed by atoms with Crippen LogP contribution < -0.4 is 7.02 Å². The van der Waals surface area contributed by atoms with E-state index in [4.69, 9.17) is 18.9 Å². The number of esters is 4. The number of ether oxygens (including phenoxy) is 4. The maximum absolute atomic E-state index is 12.6. The van der Waals surface area contributed by atoms with Gasteiger partial charge in [0.25, 0.3) is 0 Å². The molecule has 0 unspecified atom stereocenters. The van der Waals surface area contributed by atoms with Gasteiger partial charge in [-0.1, -0.05) is 0 Å². The minimum atomic E-state index is -2.54. The van der Waals surface area contributed by atoms with Gasteiger partial charge in [-0.2, -0.15) is 0 Å². The van der Waals surface area contributed by atoms with Gasteiger partial charge in [0.15, 0.2) is 0 Å². The van der Waals surface area contributed by atoms with Gasteiger partial charge in [-0.25, -0.2) is 0 Å². The molecule has 5 aromatic carbocycles. The summed E-state index contributed by atoms with van der Waals surface area (Å²) in [5.41, 5.74) is 1.73. The molecule has 0 heterocycles. The molecule has 0 aliphatic heterocycles. The first-order chi connectivity index (χ1) is 31.2. The molecule has 5 aromatic rings. The minimum absolute atomic E-state index is 0.433. The third-order valence-electron chi connectivity index (χ3n) is 7.94. The molecule has 0 fully saturated rings. The normalized spacial score (nSPS) is 11.3. The van der Waals surface area contributed by atoms with Gasteiger partial charge in [-0.15, -0.1) is 0 Å². The van der Waals surface area contributed by atoms with Gasteiger partial charge in [-0.3, -0.25) is 0 Å². The van der Waals surface area contributed by atoms with Gasteiger partial charge in [0.2, 0.25) is 0 Å². The topological polar surface area (TPSA) is 105 Å². The quantitative estimate of drug-likeness (QED) is 0.0217. The van der Waals surface area contributed by atoms with Crippen molar-refractivity contribution in [2.45, 2.75) is 19.6 Å². The first-order valence-electron chi connectivity index (χ1n) is 19.0. The molecule has 0 aliphatic carbocycles. The molecule has 14 heteroatoms. The Morgan fingerprint density at radius 1 is 0.344 bits per heavy atom. The van der Waals surface area contributed by atoms with Crippen LogP contribution in [0.1, 0.15) is 41.4 Å². The molecule has 0 spiro atoms. The maximum atomic E-state index is 12.6. The van der Waals surface area contributed by atoms with Gasteiger partial charge in [0.05, 0.1) is 0 Å². The molecular weight excluding hydrogens is 1100 g/mol. The zero-order valence-corrected chi connectivity index (χ0v) is 42.5. The molecule has 5 rings (SSSR count). The fourth-order valence-corrected chi connectivity index (χ4v) is 36.0. The summed E-state index contributed by atoms with van der Waals surface area (Å²) in [6.45, 7) is 14.4. The Morgan fingerprint density at radius 2 is 0.547 bits per heavy atom. The van der Waals surface area contributed by atoms with Gasteiger partial charge >= 0.3 is 402 Å². The number of rotatable bonds is 22. The molecule has 0 amide bonds. The zero-order valence-electron chi connectivity index (χ0n) is 34.1. The van der Waals surface area contributed by atoms with Gasteiger partial charge in [0, 0.05) is 0 Å². The van der Waals surface area contributed by atoms with Crippen molar-refractivity contribution in [1.82, 2.24) is 0 Å². The van der Waals surface area contributed by atoms with Crippen LogP contribution in [-0.2, 0) is 18.9 Å². The predicted octanol–water partition coefficient (Wildman–Crippen LogP) is 11.7. The van der Waals surface area contributed by atoms with E-state index in [0.717, 1.165) is 19.6 Å². The average molecular weight is 1140 g/mol.